The number of nitrogens with one attached hydrogen (secondary N) is 4. The fourth-order valence-corrected chi connectivity index (χ4v) is 9.95. The zero-order chi connectivity index (χ0) is 44.6. The number of benzene rings is 2. The van der Waals surface area contributed by atoms with E-state index in [0.717, 1.165) is 38.3 Å². The van der Waals surface area contributed by atoms with Crippen molar-refractivity contribution in [3.05, 3.63) is 94.4 Å². The Kier molecular flexibility index (Phi) is 11.9. The summed E-state index contributed by atoms with van der Waals surface area (Å²) in [5.41, 5.74) is 8.52. The van der Waals surface area contributed by atoms with Crippen LogP contribution in [0.2, 0.25) is 0 Å². The van der Waals surface area contributed by atoms with Crippen molar-refractivity contribution in [3.63, 3.8) is 0 Å². The fourth-order valence-electron chi connectivity index (χ4n) is 9.14. The van der Waals surface area contributed by atoms with E-state index in [9.17, 15) is 24.6 Å². The predicted octanol–water partition coefficient (Wildman–Crippen LogP) is 5.09. The summed E-state index contributed by atoms with van der Waals surface area (Å²) < 4.78 is 5.83. The number of carbonyl (C=O) groups is 3. The molecule has 0 bridgehead atoms. The molecule has 6 N–H and O–H groups in total. The fraction of sp³-hybridized carbons (Fsp3) is 0.391. The van der Waals surface area contributed by atoms with Gasteiger partial charge in [0.1, 0.15) is 17.7 Å². The number of aliphatic hydroxyl groups excluding tert-OH is 1. The van der Waals surface area contributed by atoms with Crippen molar-refractivity contribution in [2.24, 2.45) is 11.8 Å². The zero-order valence-electron chi connectivity index (χ0n) is 35.9. The van der Waals surface area contributed by atoms with Crippen LogP contribution in [-0.2, 0) is 33.9 Å². The number of aromatic hydroxyl groups is 1. The van der Waals surface area contributed by atoms with Gasteiger partial charge in [-0.2, -0.15) is 0 Å². The highest BCUT2D eigenvalue weighted by atomic mass is 32.1. The molecule has 2 aromatic carbocycles. The number of para-hydroxylation sites is 1. The van der Waals surface area contributed by atoms with Gasteiger partial charge in [-0.05, 0) is 55.0 Å². The molecule has 0 aliphatic carbocycles. The maximum absolute atomic E-state index is 14.2. The number of likely N-dealkylation sites (tertiary alicyclic amines) is 1. The van der Waals surface area contributed by atoms with Crippen LogP contribution in [0.15, 0.2) is 70.7 Å². The molecular weight excluding hydrogens is 835 g/mol. The predicted molar refractivity (Wildman–Crippen MR) is 240 cm³/mol. The Bertz CT molecular complexity index is 2700. The van der Waals surface area contributed by atoms with Crippen LogP contribution >= 0.6 is 11.3 Å². The molecule has 7 heterocycles. The Labute approximate surface area is 373 Å². The van der Waals surface area contributed by atoms with Gasteiger partial charge in [0.15, 0.2) is 23.2 Å². The highest BCUT2D eigenvalue weighted by Crippen LogP contribution is 2.35. The maximum atomic E-state index is 14.2. The van der Waals surface area contributed by atoms with Gasteiger partial charge < -0.3 is 39.7 Å². The molecule has 0 unspecified atom stereocenters. The number of nitrogens with zero attached hydrogens (tertiary/aromatic N) is 7. The molecule has 9 rings (SSSR count). The molecule has 0 spiro atoms. The number of H-pyrrole nitrogens is 1. The van der Waals surface area contributed by atoms with Crippen molar-refractivity contribution < 1.29 is 29.1 Å². The number of aliphatic hydroxyl groups is 1. The second-order valence-electron chi connectivity index (χ2n) is 17.2. The number of amides is 3. The number of aromatic amines is 1. The summed E-state index contributed by atoms with van der Waals surface area (Å²) in [6.45, 7) is 8.11. The summed E-state index contributed by atoms with van der Waals surface area (Å²) in [6.07, 6.45) is 1.00. The molecule has 3 aliphatic rings. The number of hydrogen-bond donors (Lipinski definition) is 6. The Morgan fingerprint density at radius 3 is 2.55 bits per heavy atom. The van der Waals surface area contributed by atoms with Gasteiger partial charge in [0.2, 0.25) is 17.7 Å². The Morgan fingerprint density at radius 2 is 1.81 bits per heavy atom. The number of thiazole rings is 1. The number of anilines is 1. The average Bonchev–Trinajstić information content (AvgIpc) is 4.12. The van der Waals surface area contributed by atoms with E-state index in [1.54, 1.807) is 35.6 Å². The number of aromatic nitrogens is 5. The van der Waals surface area contributed by atoms with Gasteiger partial charge in [-0.3, -0.25) is 25.1 Å². The third kappa shape index (κ3) is 8.54. The normalized spacial score (nSPS) is 18.4. The number of aryl methyl sites for hydroxylation is 1. The number of fused-ring (bicyclic) bond motifs is 3. The van der Waals surface area contributed by atoms with E-state index in [-0.39, 0.29) is 60.8 Å². The molecule has 2 fully saturated rings. The molecule has 2 saturated heterocycles. The number of rotatable bonds is 10. The lowest BCUT2D eigenvalue weighted by molar-refractivity contribution is -0.141. The number of hydrogen-bond acceptors (Lipinski definition) is 13. The van der Waals surface area contributed by atoms with Crippen LogP contribution < -0.4 is 15.5 Å². The van der Waals surface area contributed by atoms with Gasteiger partial charge in [0.05, 0.1) is 27.9 Å². The van der Waals surface area contributed by atoms with Crippen LogP contribution in [0.3, 0.4) is 0 Å². The summed E-state index contributed by atoms with van der Waals surface area (Å²) in [7, 11) is 0. The summed E-state index contributed by atoms with van der Waals surface area (Å²) in [5, 5.41) is 49.6. The van der Waals surface area contributed by atoms with E-state index in [4.69, 9.17) is 9.93 Å². The van der Waals surface area contributed by atoms with Crippen molar-refractivity contribution in [1.82, 2.24) is 45.8 Å². The van der Waals surface area contributed by atoms with Crippen LogP contribution in [0.1, 0.15) is 67.3 Å². The molecule has 6 aromatic rings. The quantitative estimate of drug-likeness (QED) is 0.0781. The van der Waals surface area contributed by atoms with E-state index in [2.05, 4.69) is 36.0 Å². The van der Waals surface area contributed by atoms with Crippen molar-refractivity contribution in [3.8, 4) is 27.4 Å². The van der Waals surface area contributed by atoms with E-state index in [0.29, 0.717) is 73.9 Å². The first-order valence-corrected chi connectivity index (χ1v) is 22.6. The van der Waals surface area contributed by atoms with Gasteiger partial charge in [-0.1, -0.05) is 55.4 Å². The number of β-amino-alcohol motifs (C(OH)–C–C–N with tert-alkyl or cyclic N) is 1. The molecule has 4 aromatic heterocycles. The lowest BCUT2D eigenvalue weighted by Gasteiger charge is -2.33. The molecule has 17 nitrogen and oxygen atoms in total. The minimum atomic E-state index is -0.838. The Hall–Kier alpha value is -6.66. The van der Waals surface area contributed by atoms with Gasteiger partial charge in [-0.15, -0.1) is 21.5 Å². The second-order valence-corrected chi connectivity index (χ2v) is 18.1. The molecule has 3 amide bonds. The first-order valence-electron chi connectivity index (χ1n) is 21.7. The topological polar surface area (TPSA) is 230 Å². The van der Waals surface area contributed by atoms with E-state index in [1.807, 2.05) is 72.5 Å². The van der Waals surface area contributed by atoms with E-state index in [1.165, 1.54) is 4.90 Å². The Balaban J connectivity index is 0.785. The summed E-state index contributed by atoms with van der Waals surface area (Å²) in [4.78, 5) is 55.4. The van der Waals surface area contributed by atoms with Crippen LogP contribution in [0.4, 0.5) is 5.82 Å². The highest BCUT2D eigenvalue weighted by molar-refractivity contribution is 7.13. The van der Waals surface area contributed by atoms with E-state index >= 15 is 0 Å². The number of piperidine rings is 1. The minimum Gasteiger partial charge on any atom is -0.507 e. The van der Waals surface area contributed by atoms with Gasteiger partial charge in [-0.25, -0.2) is 4.98 Å². The van der Waals surface area contributed by atoms with Crippen molar-refractivity contribution in [2.45, 2.75) is 77.6 Å². The monoisotopic (exact) mass is 885 g/mol. The van der Waals surface area contributed by atoms with Crippen molar-refractivity contribution in [1.29, 1.82) is 5.41 Å². The molecule has 3 aliphatic heterocycles. The first-order chi connectivity index (χ1) is 30.9. The second kappa shape index (κ2) is 17.8. The van der Waals surface area contributed by atoms with Crippen molar-refractivity contribution in [2.75, 3.05) is 31.1 Å². The lowest BCUT2D eigenvalue weighted by atomic mass is 9.91. The third-order valence-corrected chi connectivity index (χ3v) is 13.7. The third-order valence-electron chi connectivity index (χ3n) is 12.7. The molecular formula is C46H51N11O6S. The lowest BCUT2D eigenvalue weighted by Crippen LogP contribution is -2.49. The molecule has 0 saturated carbocycles. The molecule has 0 radical (unpaired) electrons. The zero-order valence-corrected chi connectivity index (χ0v) is 36.7. The highest BCUT2D eigenvalue weighted by Gasteiger charge is 2.43. The van der Waals surface area contributed by atoms with Crippen LogP contribution in [0.25, 0.3) is 32.7 Å². The van der Waals surface area contributed by atoms with Crippen LogP contribution in [-0.4, -0.2) is 107 Å². The number of phenols is 1. The molecule has 332 valence electrons. The van der Waals surface area contributed by atoms with Crippen LogP contribution in [0, 0.1) is 24.2 Å². The molecule has 3 atom stereocenters. The number of carbonyl (C=O) groups excluding carboxylic acids is 3. The largest absolute Gasteiger partial charge is 0.507 e. The SMILES string of the molecule is Cc1ncsc1-c1ccc(CNC(=O)[C@@H]2C[C@@H](O)CN2C(=O)[C@@H](c2cc(N3CCC(C(=O)NC(=N)N4CCc5[nH]c6nnc(-c7ccccc7O)cc6c5C4)CC3)no2)C(C)C)cc1. The van der Waals surface area contributed by atoms with Crippen LogP contribution in [0.5, 0.6) is 5.75 Å². The summed E-state index contributed by atoms with van der Waals surface area (Å²) >= 11 is 1.58. The molecule has 18 heteroatoms. The maximum Gasteiger partial charge on any atom is 0.243 e. The number of phenolic OH excluding ortho intramolecular Hbond substituents is 1. The summed E-state index contributed by atoms with van der Waals surface area (Å²) in [5.74, 6) is -0.994. The van der Waals surface area contributed by atoms with Gasteiger partial charge in [0.25, 0.3) is 0 Å². The Morgan fingerprint density at radius 1 is 1.03 bits per heavy atom. The van der Waals surface area contributed by atoms with E-state index < -0.39 is 18.1 Å². The van der Waals surface area contributed by atoms with Crippen molar-refractivity contribution >= 4 is 51.9 Å². The standard InChI is InChI=1S/C46H51N11O6S/c1-25(2)40(45(62)57-22-30(58)18-36(57)44(61)48-21-27-8-10-28(11-9-27)41-26(3)49-24-64-41)38-20-39(54-63-38)55-15-12-29(13-16-55)43(60)51-46(47)56-17-14-34-33(23-56)32-19-35(52-53-42(32)50-34)31-6-4-5-7-37(31)59/h4-11,19-20,24-25,29-30,36,40,58-59H,12-18,21-23H2,1-3H3,(H,48,61)(H,50,53)(H2,47,51,60)/t30-,36+,40-/m1/s1. The molecule has 64 heavy (non-hydrogen) atoms. The first kappa shape index (κ1) is 42.6. The smallest absolute Gasteiger partial charge is 0.243 e. The van der Waals surface area contributed by atoms with Gasteiger partial charge >= 0.3 is 0 Å². The average molecular weight is 886 g/mol. The minimum absolute atomic E-state index is 0.0375. The summed E-state index contributed by atoms with van der Waals surface area (Å²) in [6, 6.07) is 17.7. The van der Waals surface area contributed by atoms with Gasteiger partial charge in [0, 0.05) is 86.3 Å². The number of guanidine groups is 1.